The number of rotatable bonds is 5. The summed E-state index contributed by atoms with van der Waals surface area (Å²) in [5, 5.41) is 2.78. The number of hydrogen-bond acceptors (Lipinski definition) is 4. The minimum atomic E-state index is -0.829. The van der Waals surface area contributed by atoms with Crippen LogP contribution in [0, 0.1) is 5.82 Å². The summed E-state index contributed by atoms with van der Waals surface area (Å²) in [6.45, 7) is 4.74. The minimum absolute atomic E-state index is 0.0403. The molecule has 0 radical (unpaired) electrons. The summed E-state index contributed by atoms with van der Waals surface area (Å²) in [5.74, 6) is -0.821. The third-order valence-electron chi connectivity index (χ3n) is 4.08. The van der Waals surface area contributed by atoms with Crippen molar-refractivity contribution in [3.63, 3.8) is 0 Å². The molecule has 5 nitrogen and oxygen atoms in total. The van der Waals surface area contributed by atoms with Gasteiger partial charge < -0.3 is 19.7 Å². The predicted octanol–water partition coefficient (Wildman–Crippen LogP) is 3.83. The lowest BCUT2D eigenvalue weighted by atomic mass is 10.2. The first kappa shape index (κ1) is 18.7. The molecule has 0 unspecified atom stereocenters. The van der Waals surface area contributed by atoms with Gasteiger partial charge in [0.25, 0.3) is 5.91 Å². The number of carbonyl (C=O) groups is 1. The Morgan fingerprint density at radius 1 is 1.23 bits per heavy atom. The number of hydrogen-bond donors (Lipinski definition) is 1. The maximum absolute atomic E-state index is 13.8. The molecule has 0 saturated carbocycles. The van der Waals surface area contributed by atoms with Gasteiger partial charge in [-0.3, -0.25) is 4.79 Å². The number of benzene rings is 2. The minimum Gasteiger partial charge on any atom is -0.478 e. The van der Waals surface area contributed by atoms with Crippen LogP contribution in [0.25, 0.3) is 0 Å². The third-order valence-corrected chi connectivity index (χ3v) is 4.57. The van der Waals surface area contributed by atoms with Crippen LogP contribution in [0.3, 0.4) is 0 Å². The van der Waals surface area contributed by atoms with Gasteiger partial charge in [-0.05, 0) is 49.4 Å². The van der Waals surface area contributed by atoms with Gasteiger partial charge in [-0.1, -0.05) is 15.9 Å². The van der Waals surface area contributed by atoms with Gasteiger partial charge in [-0.15, -0.1) is 0 Å². The Morgan fingerprint density at radius 2 is 1.92 bits per heavy atom. The second kappa shape index (κ2) is 8.51. The molecule has 1 N–H and O–H groups in total. The van der Waals surface area contributed by atoms with Crippen LogP contribution in [0.2, 0.25) is 0 Å². The average molecular weight is 423 g/mol. The van der Waals surface area contributed by atoms with Gasteiger partial charge in [-0.25, -0.2) is 4.39 Å². The largest absolute Gasteiger partial charge is 0.478 e. The summed E-state index contributed by atoms with van der Waals surface area (Å²) in [6.07, 6.45) is -0.829. The van der Waals surface area contributed by atoms with Crippen molar-refractivity contribution in [2.45, 2.75) is 13.0 Å². The van der Waals surface area contributed by atoms with E-state index in [0.717, 1.165) is 32.0 Å². The fourth-order valence-corrected chi connectivity index (χ4v) is 2.97. The average Bonchev–Trinajstić information content (AvgIpc) is 2.65. The molecule has 1 atom stereocenters. The SMILES string of the molecule is C[C@H](Oc1ccc(Br)cc1F)C(=O)Nc1ccc(N2CCOCC2)cc1. The Kier molecular flexibility index (Phi) is 6.11. The zero-order valence-corrected chi connectivity index (χ0v) is 16.0. The highest BCUT2D eigenvalue weighted by atomic mass is 79.9. The molecule has 1 aliphatic heterocycles. The van der Waals surface area contributed by atoms with Crippen molar-refractivity contribution >= 4 is 33.2 Å². The molecule has 1 amide bonds. The molecular weight excluding hydrogens is 403 g/mol. The number of nitrogens with zero attached hydrogens (tertiary/aromatic N) is 1. The quantitative estimate of drug-likeness (QED) is 0.795. The van der Waals surface area contributed by atoms with E-state index >= 15 is 0 Å². The lowest BCUT2D eigenvalue weighted by molar-refractivity contribution is -0.122. The zero-order valence-electron chi connectivity index (χ0n) is 14.4. The fraction of sp³-hybridized carbons (Fsp3) is 0.316. The molecule has 0 aromatic heterocycles. The van der Waals surface area contributed by atoms with E-state index in [0.29, 0.717) is 10.2 Å². The molecule has 1 fully saturated rings. The van der Waals surface area contributed by atoms with Crippen molar-refractivity contribution in [2.75, 3.05) is 36.5 Å². The Labute approximate surface area is 160 Å². The number of anilines is 2. The molecule has 2 aromatic carbocycles. The molecule has 7 heteroatoms. The van der Waals surface area contributed by atoms with Gasteiger partial charge in [0, 0.05) is 28.9 Å². The van der Waals surface area contributed by atoms with E-state index in [9.17, 15) is 9.18 Å². The Morgan fingerprint density at radius 3 is 2.58 bits per heavy atom. The second-order valence-corrected chi connectivity index (χ2v) is 6.89. The highest BCUT2D eigenvalue weighted by molar-refractivity contribution is 9.10. The van der Waals surface area contributed by atoms with Crippen LogP contribution >= 0.6 is 15.9 Å². The van der Waals surface area contributed by atoms with Gasteiger partial charge in [-0.2, -0.15) is 0 Å². The predicted molar refractivity (Wildman–Crippen MR) is 102 cm³/mol. The number of nitrogens with one attached hydrogen (secondary N) is 1. The monoisotopic (exact) mass is 422 g/mol. The van der Waals surface area contributed by atoms with Crippen LogP contribution in [0.5, 0.6) is 5.75 Å². The summed E-state index contributed by atoms with van der Waals surface area (Å²) in [6, 6.07) is 12.0. The highest BCUT2D eigenvalue weighted by Crippen LogP contribution is 2.23. The van der Waals surface area contributed by atoms with Gasteiger partial charge >= 0.3 is 0 Å². The van der Waals surface area contributed by atoms with Crippen LogP contribution in [-0.2, 0) is 9.53 Å². The van der Waals surface area contributed by atoms with Crippen molar-refractivity contribution in [3.05, 3.63) is 52.8 Å². The van der Waals surface area contributed by atoms with E-state index < -0.39 is 11.9 Å². The molecule has 0 bridgehead atoms. The number of halogens is 2. The summed E-state index contributed by atoms with van der Waals surface area (Å²) >= 11 is 3.18. The van der Waals surface area contributed by atoms with Crippen LogP contribution < -0.4 is 15.0 Å². The maximum atomic E-state index is 13.8. The molecule has 2 aromatic rings. The molecule has 1 aliphatic rings. The van der Waals surface area contributed by atoms with E-state index in [-0.39, 0.29) is 11.7 Å². The molecular formula is C19H20BrFN2O3. The van der Waals surface area contributed by atoms with Gasteiger partial charge in [0.05, 0.1) is 13.2 Å². The van der Waals surface area contributed by atoms with Gasteiger partial charge in [0.2, 0.25) is 0 Å². The van der Waals surface area contributed by atoms with Crippen LogP contribution in [0.4, 0.5) is 15.8 Å². The summed E-state index contributed by atoms with van der Waals surface area (Å²) < 4.78 is 25.2. The second-order valence-electron chi connectivity index (χ2n) is 5.97. The Bertz CT molecular complexity index is 764. The number of morpholine rings is 1. The molecule has 0 spiro atoms. The van der Waals surface area contributed by atoms with Crippen molar-refractivity contribution in [1.82, 2.24) is 0 Å². The first-order valence-electron chi connectivity index (χ1n) is 8.38. The molecule has 1 saturated heterocycles. The Hall–Kier alpha value is -2.12. The summed E-state index contributed by atoms with van der Waals surface area (Å²) in [5.41, 5.74) is 1.76. The normalized spacial score (nSPS) is 15.4. The molecule has 0 aliphatic carbocycles. The van der Waals surface area contributed by atoms with E-state index in [1.807, 2.05) is 24.3 Å². The van der Waals surface area contributed by atoms with Gasteiger partial charge in [0.1, 0.15) is 0 Å². The zero-order chi connectivity index (χ0) is 18.5. The maximum Gasteiger partial charge on any atom is 0.265 e. The van der Waals surface area contributed by atoms with E-state index in [1.165, 1.54) is 12.1 Å². The van der Waals surface area contributed by atoms with Crippen molar-refractivity contribution < 1.29 is 18.7 Å². The van der Waals surface area contributed by atoms with E-state index in [2.05, 4.69) is 26.1 Å². The third kappa shape index (κ3) is 4.74. The van der Waals surface area contributed by atoms with Crippen molar-refractivity contribution in [1.29, 1.82) is 0 Å². The smallest absolute Gasteiger partial charge is 0.265 e. The van der Waals surface area contributed by atoms with Gasteiger partial charge in [0.15, 0.2) is 17.7 Å². The lowest BCUT2D eigenvalue weighted by Gasteiger charge is -2.29. The molecule has 3 rings (SSSR count). The number of carbonyl (C=O) groups excluding carboxylic acids is 1. The first-order chi connectivity index (χ1) is 12.5. The Balaban J connectivity index is 1.58. The first-order valence-corrected chi connectivity index (χ1v) is 9.17. The summed E-state index contributed by atoms with van der Waals surface area (Å²) in [4.78, 5) is 14.5. The van der Waals surface area contributed by atoms with Crippen LogP contribution in [0.15, 0.2) is 46.9 Å². The van der Waals surface area contributed by atoms with E-state index in [1.54, 1.807) is 13.0 Å². The van der Waals surface area contributed by atoms with E-state index in [4.69, 9.17) is 9.47 Å². The number of ether oxygens (including phenoxy) is 2. The number of amides is 1. The fourth-order valence-electron chi connectivity index (χ4n) is 2.64. The molecule has 1 heterocycles. The van der Waals surface area contributed by atoms with Crippen LogP contribution in [0.1, 0.15) is 6.92 Å². The highest BCUT2D eigenvalue weighted by Gasteiger charge is 2.17. The standard InChI is InChI=1S/C19H20BrFN2O3/c1-13(26-18-7-2-14(20)12-17(18)21)19(24)22-15-3-5-16(6-4-15)23-8-10-25-11-9-23/h2-7,12-13H,8-11H2,1H3,(H,22,24)/t13-/m0/s1. The lowest BCUT2D eigenvalue weighted by Crippen LogP contribution is -2.36. The summed E-state index contributed by atoms with van der Waals surface area (Å²) in [7, 11) is 0. The van der Waals surface area contributed by atoms with Crippen molar-refractivity contribution in [3.8, 4) is 5.75 Å². The van der Waals surface area contributed by atoms with Crippen molar-refractivity contribution in [2.24, 2.45) is 0 Å². The van der Waals surface area contributed by atoms with Crippen LogP contribution in [-0.4, -0.2) is 38.3 Å². The topological polar surface area (TPSA) is 50.8 Å². The molecule has 138 valence electrons. The molecule has 26 heavy (non-hydrogen) atoms.